The molecular weight excluding hydrogens is 292 g/mol. The molecule has 122 valence electrons. The van der Waals surface area contributed by atoms with E-state index >= 15 is 0 Å². The van der Waals surface area contributed by atoms with Crippen molar-refractivity contribution in [2.24, 2.45) is 11.8 Å². The van der Waals surface area contributed by atoms with Gasteiger partial charge in [0, 0.05) is 19.6 Å². The Hall–Kier alpha value is -0.660. The van der Waals surface area contributed by atoms with Gasteiger partial charge in [-0.1, -0.05) is 25.7 Å². The number of hydrogen-bond donors (Lipinski definition) is 2. The highest BCUT2D eigenvalue weighted by Crippen LogP contribution is 2.28. The number of nitrogens with zero attached hydrogens (tertiary/aromatic N) is 1. The van der Waals surface area contributed by atoms with Gasteiger partial charge in [0.2, 0.25) is 0 Å². The minimum atomic E-state index is -3.44. The van der Waals surface area contributed by atoms with Gasteiger partial charge in [-0.05, 0) is 31.6 Å². The number of carboxylic acid groups (broad SMARTS) is 1. The number of hydrogen-bond acceptors (Lipinski definition) is 3. The maximum Gasteiger partial charge on any atom is 0.306 e. The van der Waals surface area contributed by atoms with Gasteiger partial charge in [-0.15, -0.1) is 0 Å². The van der Waals surface area contributed by atoms with Gasteiger partial charge in [0.15, 0.2) is 0 Å². The van der Waals surface area contributed by atoms with E-state index in [1.54, 1.807) is 0 Å². The molecule has 2 fully saturated rings. The molecule has 0 unspecified atom stereocenters. The van der Waals surface area contributed by atoms with Crippen LogP contribution in [0.25, 0.3) is 0 Å². The second kappa shape index (κ2) is 7.56. The summed E-state index contributed by atoms with van der Waals surface area (Å²) < 4.78 is 28.3. The third-order valence-corrected chi connectivity index (χ3v) is 6.31. The molecule has 6 nitrogen and oxygen atoms in total. The number of rotatable bonds is 7. The van der Waals surface area contributed by atoms with Gasteiger partial charge in [-0.2, -0.15) is 12.7 Å². The molecule has 0 amide bonds. The second-order valence-corrected chi connectivity index (χ2v) is 7.96. The fourth-order valence-corrected chi connectivity index (χ4v) is 4.60. The van der Waals surface area contributed by atoms with Crippen molar-refractivity contribution in [1.29, 1.82) is 0 Å². The maximum absolute atomic E-state index is 12.1. The van der Waals surface area contributed by atoms with Crippen molar-refractivity contribution < 1.29 is 18.3 Å². The zero-order valence-electron chi connectivity index (χ0n) is 12.5. The fourth-order valence-electron chi connectivity index (χ4n) is 3.33. The molecule has 0 bridgehead atoms. The number of carbonyl (C=O) groups is 1. The highest BCUT2D eigenvalue weighted by atomic mass is 32.2. The van der Waals surface area contributed by atoms with Gasteiger partial charge < -0.3 is 5.11 Å². The molecular formula is C14H26N2O4S. The molecule has 21 heavy (non-hydrogen) atoms. The molecule has 1 saturated heterocycles. The number of nitrogens with one attached hydrogen (secondary N) is 1. The van der Waals surface area contributed by atoms with Crippen molar-refractivity contribution in [3.8, 4) is 0 Å². The molecule has 0 atom stereocenters. The Morgan fingerprint density at radius 1 is 1.14 bits per heavy atom. The van der Waals surface area contributed by atoms with Crippen molar-refractivity contribution in [2.45, 2.75) is 51.4 Å². The zero-order valence-corrected chi connectivity index (χ0v) is 13.3. The summed E-state index contributed by atoms with van der Waals surface area (Å²) >= 11 is 0. The highest BCUT2D eigenvalue weighted by Gasteiger charge is 2.30. The SMILES string of the molecule is O=C(O)C1CCN(S(=O)(=O)NCCCC2CCCC2)CC1. The van der Waals surface area contributed by atoms with Crippen LogP contribution in [0.5, 0.6) is 0 Å². The summed E-state index contributed by atoms with van der Waals surface area (Å²) in [6.07, 6.45) is 7.99. The van der Waals surface area contributed by atoms with Crippen molar-refractivity contribution in [2.75, 3.05) is 19.6 Å². The van der Waals surface area contributed by atoms with E-state index in [0.29, 0.717) is 32.5 Å². The normalized spacial score (nSPS) is 22.7. The molecule has 0 spiro atoms. The minimum Gasteiger partial charge on any atom is -0.481 e. The lowest BCUT2D eigenvalue weighted by Crippen LogP contribution is -2.46. The Morgan fingerprint density at radius 2 is 1.76 bits per heavy atom. The number of piperidine rings is 1. The standard InChI is InChI=1S/C14H26N2O4S/c17-14(18)13-7-10-16(11-8-13)21(19,20)15-9-3-6-12-4-1-2-5-12/h12-13,15H,1-11H2,(H,17,18). The van der Waals surface area contributed by atoms with Crippen molar-refractivity contribution in [1.82, 2.24) is 9.03 Å². The quantitative estimate of drug-likeness (QED) is 0.698. The third kappa shape index (κ3) is 4.93. The van der Waals surface area contributed by atoms with Crippen LogP contribution in [0.3, 0.4) is 0 Å². The Balaban J connectivity index is 1.68. The minimum absolute atomic E-state index is 0.301. The van der Waals surface area contributed by atoms with E-state index in [2.05, 4.69) is 4.72 Å². The Labute approximate surface area is 127 Å². The van der Waals surface area contributed by atoms with Gasteiger partial charge in [-0.3, -0.25) is 4.79 Å². The van der Waals surface area contributed by atoms with Gasteiger partial charge in [0.25, 0.3) is 10.2 Å². The molecule has 0 aromatic carbocycles. The predicted molar refractivity (Wildman–Crippen MR) is 80.0 cm³/mol. The lowest BCUT2D eigenvalue weighted by Gasteiger charge is -2.29. The first-order chi connectivity index (χ1) is 9.99. The largest absolute Gasteiger partial charge is 0.481 e. The summed E-state index contributed by atoms with van der Waals surface area (Å²) in [4.78, 5) is 10.9. The topological polar surface area (TPSA) is 86.7 Å². The number of carboxylic acids is 1. The average molecular weight is 318 g/mol. The van der Waals surface area contributed by atoms with E-state index in [-0.39, 0.29) is 0 Å². The van der Waals surface area contributed by atoms with Crippen LogP contribution in [0.2, 0.25) is 0 Å². The Morgan fingerprint density at radius 3 is 2.33 bits per heavy atom. The molecule has 2 aliphatic rings. The van der Waals surface area contributed by atoms with Gasteiger partial charge in [0.1, 0.15) is 0 Å². The van der Waals surface area contributed by atoms with Crippen LogP contribution in [0.4, 0.5) is 0 Å². The van der Waals surface area contributed by atoms with E-state index < -0.39 is 22.1 Å². The third-order valence-electron chi connectivity index (χ3n) is 4.69. The van der Waals surface area contributed by atoms with Gasteiger partial charge in [0.05, 0.1) is 5.92 Å². The van der Waals surface area contributed by atoms with Crippen LogP contribution < -0.4 is 4.72 Å². The van der Waals surface area contributed by atoms with Crippen LogP contribution in [-0.2, 0) is 15.0 Å². The monoisotopic (exact) mass is 318 g/mol. The first-order valence-electron chi connectivity index (χ1n) is 7.96. The second-order valence-electron chi connectivity index (χ2n) is 6.20. The summed E-state index contributed by atoms with van der Waals surface area (Å²) in [5.74, 6) is -0.448. The smallest absolute Gasteiger partial charge is 0.306 e. The molecule has 7 heteroatoms. The summed E-state index contributed by atoms with van der Waals surface area (Å²) in [5, 5.41) is 8.92. The molecule has 2 rings (SSSR count). The average Bonchev–Trinajstić information content (AvgIpc) is 2.97. The summed E-state index contributed by atoms with van der Waals surface area (Å²) in [5.41, 5.74) is 0. The molecule has 1 heterocycles. The van der Waals surface area contributed by atoms with Crippen molar-refractivity contribution >= 4 is 16.2 Å². The summed E-state index contributed by atoms with van der Waals surface area (Å²) in [6.45, 7) is 1.08. The molecule has 0 aromatic heterocycles. The lowest BCUT2D eigenvalue weighted by atomic mass is 9.99. The Bertz CT molecular complexity index is 438. The van der Waals surface area contributed by atoms with E-state index in [9.17, 15) is 13.2 Å². The van der Waals surface area contributed by atoms with Crippen LogP contribution in [0.1, 0.15) is 51.4 Å². The number of aliphatic carboxylic acids is 1. The first-order valence-corrected chi connectivity index (χ1v) is 9.40. The summed E-state index contributed by atoms with van der Waals surface area (Å²) in [6, 6.07) is 0. The van der Waals surface area contributed by atoms with E-state index in [1.807, 2.05) is 0 Å². The lowest BCUT2D eigenvalue weighted by molar-refractivity contribution is -0.142. The fraction of sp³-hybridized carbons (Fsp3) is 0.929. The zero-order chi connectivity index (χ0) is 15.3. The molecule has 0 radical (unpaired) electrons. The van der Waals surface area contributed by atoms with E-state index in [1.165, 1.54) is 30.0 Å². The molecule has 1 aliphatic heterocycles. The van der Waals surface area contributed by atoms with Gasteiger partial charge >= 0.3 is 5.97 Å². The first kappa shape index (κ1) is 16.7. The van der Waals surface area contributed by atoms with Crippen molar-refractivity contribution in [3.05, 3.63) is 0 Å². The van der Waals surface area contributed by atoms with E-state index in [0.717, 1.165) is 18.8 Å². The van der Waals surface area contributed by atoms with Crippen LogP contribution in [0.15, 0.2) is 0 Å². The summed E-state index contributed by atoms with van der Waals surface area (Å²) in [7, 11) is -3.44. The van der Waals surface area contributed by atoms with Crippen LogP contribution >= 0.6 is 0 Å². The highest BCUT2D eigenvalue weighted by molar-refractivity contribution is 7.87. The van der Waals surface area contributed by atoms with E-state index in [4.69, 9.17) is 5.11 Å². The molecule has 2 N–H and O–H groups in total. The Kier molecular flexibility index (Phi) is 6.01. The van der Waals surface area contributed by atoms with Crippen molar-refractivity contribution in [3.63, 3.8) is 0 Å². The van der Waals surface area contributed by atoms with Crippen LogP contribution in [0, 0.1) is 11.8 Å². The van der Waals surface area contributed by atoms with Crippen LogP contribution in [-0.4, -0.2) is 43.4 Å². The molecule has 0 aromatic rings. The van der Waals surface area contributed by atoms with Gasteiger partial charge in [-0.25, -0.2) is 4.72 Å². The molecule has 1 saturated carbocycles. The molecule has 1 aliphatic carbocycles. The maximum atomic E-state index is 12.1. The predicted octanol–water partition coefficient (Wildman–Crippen LogP) is 1.59.